The summed E-state index contributed by atoms with van der Waals surface area (Å²) in [7, 11) is 0. The standard InChI is InChI=1S/C14H11ClF3NO/c15-12-7-11(4-5-13(12)19)20-8-9-2-1-3-10(6-9)14(16,17)18/h1-7H,8,19H2. The zero-order chi connectivity index (χ0) is 14.8. The summed E-state index contributed by atoms with van der Waals surface area (Å²) in [4.78, 5) is 0. The Balaban J connectivity index is 2.09. The van der Waals surface area contributed by atoms with E-state index in [4.69, 9.17) is 22.1 Å². The van der Waals surface area contributed by atoms with E-state index < -0.39 is 11.7 Å². The third kappa shape index (κ3) is 3.57. The Kier molecular flexibility index (Phi) is 4.09. The van der Waals surface area contributed by atoms with E-state index in [2.05, 4.69) is 0 Å². The van der Waals surface area contributed by atoms with Gasteiger partial charge in [-0.05, 0) is 29.8 Å². The molecule has 2 N–H and O–H groups in total. The van der Waals surface area contributed by atoms with Crippen LogP contribution in [0.25, 0.3) is 0 Å². The van der Waals surface area contributed by atoms with Gasteiger partial charge in [0.1, 0.15) is 12.4 Å². The van der Waals surface area contributed by atoms with Crippen LogP contribution in [0.15, 0.2) is 42.5 Å². The van der Waals surface area contributed by atoms with Gasteiger partial charge in [-0.1, -0.05) is 23.7 Å². The number of nitrogens with two attached hydrogens (primary N) is 1. The predicted molar refractivity (Wildman–Crippen MR) is 71.6 cm³/mol. The van der Waals surface area contributed by atoms with Crippen LogP contribution in [0.2, 0.25) is 5.02 Å². The lowest BCUT2D eigenvalue weighted by molar-refractivity contribution is -0.137. The molecule has 106 valence electrons. The summed E-state index contributed by atoms with van der Waals surface area (Å²) in [6, 6.07) is 9.68. The lowest BCUT2D eigenvalue weighted by atomic mass is 10.1. The molecule has 0 saturated carbocycles. The fourth-order valence-electron chi connectivity index (χ4n) is 1.60. The van der Waals surface area contributed by atoms with Crippen LogP contribution >= 0.6 is 11.6 Å². The summed E-state index contributed by atoms with van der Waals surface area (Å²) >= 11 is 5.83. The highest BCUT2D eigenvalue weighted by molar-refractivity contribution is 6.33. The van der Waals surface area contributed by atoms with Crippen LogP contribution in [0.1, 0.15) is 11.1 Å². The second-order valence-electron chi connectivity index (χ2n) is 4.17. The van der Waals surface area contributed by atoms with E-state index in [0.29, 0.717) is 22.0 Å². The average molecular weight is 302 g/mol. The Hall–Kier alpha value is -1.88. The van der Waals surface area contributed by atoms with Gasteiger partial charge in [0.15, 0.2) is 0 Å². The van der Waals surface area contributed by atoms with E-state index in [1.165, 1.54) is 12.1 Å². The molecule has 6 heteroatoms. The highest BCUT2D eigenvalue weighted by Crippen LogP contribution is 2.30. The molecule has 0 aliphatic carbocycles. The number of ether oxygens (including phenoxy) is 1. The monoisotopic (exact) mass is 301 g/mol. The molecule has 0 atom stereocenters. The van der Waals surface area contributed by atoms with E-state index in [9.17, 15) is 13.2 Å². The molecule has 20 heavy (non-hydrogen) atoms. The number of hydrogen-bond acceptors (Lipinski definition) is 2. The quantitative estimate of drug-likeness (QED) is 0.846. The van der Waals surface area contributed by atoms with Gasteiger partial charge in [-0.3, -0.25) is 0 Å². The van der Waals surface area contributed by atoms with Gasteiger partial charge in [-0.2, -0.15) is 13.2 Å². The van der Waals surface area contributed by atoms with E-state index in [1.54, 1.807) is 18.2 Å². The van der Waals surface area contributed by atoms with Crippen molar-refractivity contribution in [3.8, 4) is 5.75 Å². The zero-order valence-electron chi connectivity index (χ0n) is 10.2. The van der Waals surface area contributed by atoms with Crippen LogP contribution in [0.3, 0.4) is 0 Å². The van der Waals surface area contributed by atoms with Crippen LogP contribution in [0.5, 0.6) is 5.75 Å². The van der Waals surface area contributed by atoms with E-state index in [0.717, 1.165) is 12.1 Å². The summed E-state index contributed by atoms with van der Waals surface area (Å²) in [5.74, 6) is 0.446. The largest absolute Gasteiger partial charge is 0.489 e. The molecule has 2 aromatic carbocycles. The second kappa shape index (κ2) is 5.63. The summed E-state index contributed by atoms with van der Waals surface area (Å²) < 4.78 is 43.1. The highest BCUT2D eigenvalue weighted by Gasteiger charge is 2.30. The molecule has 0 aliphatic heterocycles. The van der Waals surface area contributed by atoms with Crippen molar-refractivity contribution in [1.29, 1.82) is 0 Å². The van der Waals surface area contributed by atoms with Gasteiger partial charge in [-0.25, -0.2) is 0 Å². The van der Waals surface area contributed by atoms with Gasteiger partial charge < -0.3 is 10.5 Å². The first-order chi connectivity index (χ1) is 9.36. The van der Waals surface area contributed by atoms with Gasteiger partial charge >= 0.3 is 6.18 Å². The lowest BCUT2D eigenvalue weighted by Crippen LogP contribution is -2.06. The minimum Gasteiger partial charge on any atom is -0.489 e. The minimum atomic E-state index is -4.36. The molecule has 2 aromatic rings. The van der Waals surface area contributed by atoms with Gasteiger partial charge in [-0.15, -0.1) is 0 Å². The zero-order valence-corrected chi connectivity index (χ0v) is 11.0. The predicted octanol–water partition coefficient (Wildman–Crippen LogP) is 4.52. The normalized spacial score (nSPS) is 11.4. The highest BCUT2D eigenvalue weighted by atomic mass is 35.5. The van der Waals surface area contributed by atoms with Crippen LogP contribution in [-0.4, -0.2) is 0 Å². The van der Waals surface area contributed by atoms with Crippen LogP contribution in [-0.2, 0) is 12.8 Å². The number of halogens is 4. The summed E-state index contributed by atoms with van der Waals surface area (Å²) in [5.41, 5.74) is 5.69. The second-order valence-corrected chi connectivity index (χ2v) is 4.58. The topological polar surface area (TPSA) is 35.2 Å². The molecule has 0 aromatic heterocycles. The molecule has 0 saturated heterocycles. The summed E-state index contributed by atoms with van der Waals surface area (Å²) in [5, 5.41) is 0.339. The molecule has 2 nitrogen and oxygen atoms in total. The van der Waals surface area contributed by atoms with Crippen molar-refractivity contribution in [1.82, 2.24) is 0 Å². The van der Waals surface area contributed by atoms with E-state index >= 15 is 0 Å². The Morgan fingerprint density at radius 2 is 1.85 bits per heavy atom. The maximum absolute atomic E-state index is 12.6. The van der Waals surface area contributed by atoms with E-state index in [-0.39, 0.29) is 6.61 Å². The first-order valence-corrected chi connectivity index (χ1v) is 6.08. The maximum atomic E-state index is 12.6. The van der Waals surface area contributed by atoms with Gasteiger partial charge in [0.25, 0.3) is 0 Å². The maximum Gasteiger partial charge on any atom is 0.416 e. The number of nitrogen functional groups attached to an aromatic ring is 1. The molecule has 0 spiro atoms. The van der Waals surface area contributed by atoms with Crippen molar-refractivity contribution in [3.05, 3.63) is 58.6 Å². The fraction of sp³-hybridized carbons (Fsp3) is 0.143. The van der Waals surface area contributed by atoms with Crippen molar-refractivity contribution in [2.75, 3.05) is 5.73 Å². The van der Waals surface area contributed by atoms with Crippen molar-refractivity contribution < 1.29 is 17.9 Å². The van der Waals surface area contributed by atoms with Crippen molar-refractivity contribution in [2.24, 2.45) is 0 Å². The Morgan fingerprint density at radius 1 is 1.10 bits per heavy atom. The average Bonchev–Trinajstić information content (AvgIpc) is 2.39. The number of anilines is 1. The van der Waals surface area contributed by atoms with Crippen LogP contribution in [0.4, 0.5) is 18.9 Å². The smallest absolute Gasteiger partial charge is 0.416 e. The minimum absolute atomic E-state index is 0.0180. The van der Waals surface area contributed by atoms with Gasteiger partial charge in [0.2, 0.25) is 0 Å². The third-order valence-electron chi connectivity index (χ3n) is 2.63. The molecule has 0 unspecified atom stereocenters. The number of alkyl halides is 3. The van der Waals surface area contributed by atoms with Crippen molar-refractivity contribution in [3.63, 3.8) is 0 Å². The Morgan fingerprint density at radius 3 is 2.50 bits per heavy atom. The lowest BCUT2D eigenvalue weighted by Gasteiger charge is -2.10. The first kappa shape index (κ1) is 14.5. The molecule has 0 radical (unpaired) electrons. The molecule has 0 aliphatic rings. The van der Waals surface area contributed by atoms with Gasteiger partial charge in [0.05, 0.1) is 16.3 Å². The van der Waals surface area contributed by atoms with Crippen molar-refractivity contribution >= 4 is 17.3 Å². The number of benzene rings is 2. The van der Waals surface area contributed by atoms with Crippen LogP contribution in [0, 0.1) is 0 Å². The molecule has 0 bridgehead atoms. The Bertz CT molecular complexity index is 614. The number of hydrogen-bond donors (Lipinski definition) is 1. The molecule has 0 amide bonds. The fourth-order valence-corrected chi connectivity index (χ4v) is 1.77. The number of rotatable bonds is 3. The van der Waals surface area contributed by atoms with Crippen LogP contribution < -0.4 is 10.5 Å². The third-order valence-corrected chi connectivity index (χ3v) is 2.96. The first-order valence-electron chi connectivity index (χ1n) is 5.70. The summed E-state index contributed by atoms with van der Waals surface area (Å²) in [6.07, 6.45) is -4.36. The summed E-state index contributed by atoms with van der Waals surface area (Å²) in [6.45, 7) is 0.0180. The molecule has 2 rings (SSSR count). The molecular formula is C14H11ClF3NO. The SMILES string of the molecule is Nc1ccc(OCc2cccc(C(F)(F)F)c2)cc1Cl. The van der Waals surface area contributed by atoms with Gasteiger partial charge in [0, 0.05) is 6.07 Å². The van der Waals surface area contributed by atoms with Crippen molar-refractivity contribution in [2.45, 2.75) is 12.8 Å². The molecule has 0 fully saturated rings. The Labute approximate surface area is 118 Å². The molecular weight excluding hydrogens is 291 g/mol. The molecule has 0 heterocycles. The van der Waals surface area contributed by atoms with E-state index in [1.807, 2.05) is 0 Å².